The molecule has 14 nitrogen and oxygen atoms in total. The van der Waals surface area contributed by atoms with Crippen molar-refractivity contribution in [3.8, 4) is 33.2 Å². The smallest absolute Gasteiger partial charge is 0.753 e. The van der Waals surface area contributed by atoms with Crippen LogP contribution in [-0.2, 0) is 54.5 Å². The van der Waals surface area contributed by atoms with Crippen LogP contribution in [0.25, 0.3) is 68.3 Å². The predicted octanol–water partition coefficient (Wildman–Crippen LogP) is 15.2. The number of carbonyl (C=O) groups excluding carboxylic acids is 3. The van der Waals surface area contributed by atoms with Crippen LogP contribution in [0.1, 0.15) is 126 Å². The van der Waals surface area contributed by atoms with Gasteiger partial charge in [-0.15, -0.1) is 17.0 Å². The van der Waals surface area contributed by atoms with E-state index in [1.165, 1.54) is 92.3 Å². The van der Waals surface area contributed by atoms with Crippen molar-refractivity contribution in [2.75, 3.05) is 18.0 Å². The minimum Gasteiger partial charge on any atom is -0.753 e. The summed E-state index contributed by atoms with van der Waals surface area (Å²) in [4.78, 5) is 52.4. The molecular formula is C56H63F3N8O6RuS2. The zero-order chi connectivity index (χ0) is 54.7. The van der Waals surface area contributed by atoms with Crippen molar-refractivity contribution in [2.24, 2.45) is 0 Å². The Morgan fingerprint density at radius 2 is 1.16 bits per heavy atom. The second kappa shape index (κ2) is 37.8. The summed E-state index contributed by atoms with van der Waals surface area (Å²) < 4.78 is 52.4. The van der Waals surface area contributed by atoms with Crippen molar-refractivity contribution in [3.63, 3.8) is 0 Å². The summed E-state index contributed by atoms with van der Waals surface area (Å²) in [5.41, 5.74) is 12.8. The second-order valence-electron chi connectivity index (χ2n) is 16.6. The van der Waals surface area contributed by atoms with E-state index in [1.807, 2.05) is 6.07 Å². The molecule has 0 spiro atoms. The Bertz CT molecular complexity index is 2630. The summed E-state index contributed by atoms with van der Waals surface area (Å²) in [6, 6.07) is 16.5. The number of aromatic nitrogens is 4. The molecule has 5 heterocycles. The van der Waals surface area contributed by atoms with Gasteiger partial charge in [0.05, 0.1) is 46.6 Å². The number of aryl methyl sites for hydroxylation is 1. The van der Waals surface area contributed by atoms with Gasteiger partial charge >= 0.3 is 25.7 Å². The summed E-state index contributed by atoms with van der Waals surface area (Å²) in [5.74, 6) is 0. The molecule has 0 amide bonds. The van der Waals surface area contributed by atoms with Crippen molar-refractivity contribution in [1.82, 2.24) is 19.9 Å². The summed E-state index contributed by atoms with van der Waals surface area (Å²) in [5, 5.41) is 17.0. The van der Waals surface area contributed by atoms with Crippen LogP contribution in [0, 0.1) is 5.41 Å². The van der Waals surface area contributed by atoms with E-state index in [1.54, 1.807) is 90.6 Å². The van der Waals surface area contributed by atoms with Crippen molar-refractivity contribution in [2.45, 2.75) is 110 Å². The molecule has 0 unspecified atom stereocenters. The quantitative estimate of drug-likeness (QED) is 0.00868. The summed E-state index contributed by atoms with van der Waals surface area (Å²) in [7, 11) is 0. The van der Waals surface area contributed by atoms with Gasteiger partial charge in [-0.1, -0.05) is 90.8 Å². The van der Waals surface area contributed by atoms with E-state index in [0.717, 1.165) is 60.3 Å². The maximum absolute atomic E-state index is 12.9. The first-order chi connectivity index (χ1) is 36.3. The largest absolute Gasteiger partial charge is 2.00 e. The average molecular weight is 1170 g/mol. The number of unbranched alkanes of at least 4 members (excludes halogenated alkanes) is 9. The molecule has 5 rings (SSSR count). The van der Waals surface area contributed by atoms with E-state index in [-0.39, 0.29) is 25.2 Å². The maximum atomic E-state index is 12.9. The van der Waals surface area contributed by atoms with E-state index in [4.69, 9.17) is 16.6 Å². The number of nitrogens with one attached hydrogen (secondary N) is 2. The van der Waals surface area contributed by atoms with Crippen LogP contribution in [0.15, 0.2) is 98.1 Å². The zero-order valence-electron chi connectivity index (χ0n) is 42.7. The van der Waals surface area contributed by atoms with Crippen molar-refractivity contribution >= 4 is 82.8 Å². The number of isothiocyanates is 1. The van der Waals surface area contributed by atoms with Crippen LogP contribution in [0.3, 0.4) is 0 Å². The van der Waals surface area contributed by atoms with Crippen LogP contribution in [0.4, 0.5) is 18.2 Å². The number of pyridine rings is 4. The van der Waals surface area contributed by atoms with Gasteiger partial charge in [-0.25, -0.2) is 4.98 Å². The second-order valence-corrected chi connectivity index (χ2v) is 17.8. The van der Waals surface area contributed by atoms with E-state index in [9.17, 15) is 27.6 Å². The van der Waals surface area contributed by atoms with Gasteiger partial charge in [-0.3, -0.25) is 34.7 Å². The van der Waals surface area contributed by atoms with Crippen LogP contribution in [0.2, 0.25) is 0 Å². The minimum atomic E-state index is -4.78. The number of alkyl halides is 3. The molecule has 0 aliphatic heterocycles. The molecule has 0 fully saturated rings. The Balaban J connectivity index is 0.000000493. The molecule has 76 heavy (non-hydrogen) atoms. The molecular weight excluding hydrogens is 1100 g/mol. The molecule has 2 N–H and O–H groups in total. The SMILES string of the molecule is CCCCCCc1cc(N(CCCCCC)CCCCCC)sc1-c1ccnc(/C([NH-])=C/C(=N)C(F)(F)F)c1.O=CO/C=C/c1ccnc(-c2cc(/C=C/OC=O)cc(-c3cc(/C=C/OC=O)ccn3)n2)c1.[N-]=C=S.[Ru+2]. The zero-order valence-corrected chi connectivity index (χ0v) is 46.1. The van der Waals surface area contributed by atoms with E-state index in [2.05, 4.69) is 78.1 Å². The molecule has 0 atom stereocenters. The fourth-order valence-corrected chi connectivity index (χ4v) is 8.55. The van der Waals surface area contributed by atoms with Crippen LogP contribution in [0.5, 0.6) is 0 Å². The number of thiocarbonyl (C=S) groups is 1. The first-order valence-electron chi connectivity index (χ1n) is 24.5. The first kappa shape index (κ1) is 65.3. The topological polar surface area (TPSA) is 204 Å². The fraction of sp³-hybridized carbons (Fsp3) is 0.339. The number of allylic oxidation sites excluding steroid dienone is 1. The van der Waals surface area contributed by atoms with E-state index in [0.29, 0.717) is 53.8 Å². The molecule has 0 saturated carbocycles. The van der Waals surface area contributed by atoms with Gasteiger partial charge < -0.3 is 30.3 Å². The first-order valence-corrected chi connectivity index (χ1v) is 25.7. The number of rotatable bonds is 30. The third-order valence-electron chi connectivity index (χ3n) is 11.0. The Morgan fingerprint density at radius 1 is 0.697 bits per heavy atom. The van der Waals surface area contributed by atoms with Gasteiger partial charge in [0.1, 0.15) is 5.71 Å². The van der Waals surface area contributed by atoms with Gasteiger partial charge in [-0.05, 0) is 132 Å². The number of hydrogen-bond acceptors (Lipinski definition) is 14. The number of nitrogens with zero attached hydrogens (tertiary/aromatic N) is 6. The van der Waals surface area contributed by atoms with Crippen LogP contribution >= 0.6 is 23.6 Å². The fourth-order valence-electron chi connectivity index (χ4n) is 7.29. The minimum absolute atomic E-state index is 0. The summed E-state index contributed by atoms with van der Waals surface area (Å²) >= 11 is 5.44. The standard InChI is InChI=1S/C31H46F3N4S.C24H17N3O6.CNS.Ru/c1-4-7-10-13-16-24-22-29(38(19-14-11-8-5-2)20-15-12-9-6-3)39-30(24)25-17-18-37-27(21-25)26(35)23-28(36)31(32,33)34;28-15-31-8-3-18-1-6-25-21(11-18)23-13-20(5-10-33-17-30)14-24(27-23)22-12-19(2-7-26-22)4-9-32-16-29;2-1-3;/h17-18,21-23,35-36H,4-16,19-20H2,1-3H3;1-17H;;/q-1;;-1;+2/b26-23-,36-28?;8-3+,9-4+,10-5+;;. The molecule has 0 radical (unpaired) electrons. The third kappa shape index (κ3) is 24.2. The number of ether oxygens (including phenoxy) is 3. The van der Waals surface area contributed by atoms with E-state index >= 15 is 0 Å². The summed E-state index contributed by atoms with van der Waals surface area (Å²) in [6.45, 7) is 9.68. The number of carbonyl (C=O) groups is 3. The molecule has 0 aliphatic rings. The van der Waals surface area contributed by atoms with Gasteiger partial charge in [0.15, 0.2) is 0 Å². The molecule has 0 bridgehead atoms. The number of thiophene rings is 1. The third-order valence-corrected chi connectivity index (χ3v) is 12.3. The number of halogens is 3. The van der Waals surface area contributed by atoms with Gasteiger partial charge in [0.25, 0.3) is 19.4 Å². The monoisotopic (exact) mass is 1170 g/mol. The number of anilines is 1. The molecule has 20 heteroatoms. The van der Waals surface area contributed by atoms with Gasteiger partial charge in [0.2, 0.25) is 0 Å². The normalized spacial score (nSPS) is 11.2. The Kier molecular flexibility index (Phi) is 32.5. The molecule has 404 valence electrons. The average Bonchev–Trinajstić information content (AvgIpc) is 3.84. The van der Waals surface area contributed by atoms with Crippen molar-refractivity contribution in [3.05, 3.63) is 137 Å². The number of hydrogen-bond donors (Lipinski definition) is 1. The Labute approximate surface area is 465 Å². The van der Waals surface area contributed by atoms with Crippen LogP contribution < -0.4 is 4.90 Å². The summed E-state index contributed by atoms with van der Waals surface area (Å²) in [6.07, 6.45) is 24.4. The molecule has 0 aromatic carbocycles. The van der Waals surface area contributed by atoms with Gasteiger partial charge in [-0.2, -0.15) is 18.3 Å². The molecule has 5 aromatic rings. The van der Waals surface area contributed by atoms with Crippen LogP contribution in [-0.4, -0.2) is 69.5 Å². The molecule has 0 saturated heterocycles. The predicted molar refractivity (Wildman–Crippen MR) is 297 cm³/mol. The van der Waals surface area contributed by atoms with Gasteiger partial charge in [0, 0.05) is 42.3 Å². The van der Waals surface area contributed by atoms with Crippen molar-refractivity contribution < 1.29 is 61.2 Å². The Morgan fingerprint density at radius 3 is 1.63 bits per heavy atom. The molecule has 5 aromatic heterocycles. The Hall–Kier alpha value is -6.85. The molecule has 0 aliphatic carbocycles. The maximum Gasteiger partial charge on any atom is 2.00 e. The van der Waals surface area contributed by atoms with Crippen molar-refractivity contribution in [1.29, 1.82) is 5.41 Å². The van der Waals surface area contributed by atoms with E-state index < -0.39 is 17.6 Å².